The third-order valence-corrected chi connectivity index (χ3v) is 5.15. The minimum absolute atomic E-state index is 0.0296. The third kappa shape index (κ3) is 5.92. The predicted molar refractivity (Wildman–Crippen MR) is 134 cm³/mol. The van der Waals surface area contributed by atoms with Gasteiger partial charge < -0.3 is 15.4 Å². The number of carbonyl (C=O) groups excluding carboxylic acids is 2. The first-order valence-electron chi connectivity index (χ1n) is 10.7. The summed E-state index contributed by atoms with van der Waals surface area (Å²) in [7, 11) is 1.71. The van der Waals surface area contributed by atoms with E-state index in [0.29, 0.717) is 17.5 Å². The molecule has 0 unspecified atom stereocenters. The maximum atomic E-state index is 12.4. The molecule has 0 radical (unpaired) electrons. The normalized spacial score (nSPS) is 11.0. The molecule has 0 aliphatic heterocycles. The second-order valence-corrected chi connectivity index (χ2v) is 7.65. The van der Waals surface area contributed by atoms with Crippen molar-refractivity contribution in [1.29, 1.82) is 0 Å². The molecule has 0 bridgehead atoms. The van der Waals surface area contributed by atoms with Crippen LogP contribution in [0.15, 0.2) is 64.6 Å². The van der Waals surface area contributed by atoms with Crippen LogP contribution < -0.4 is 10.6 Å². The number of esters is 1. The van der Waals surface area contributed by atoms with Gasteiger partial charge in [-0.2, -0.15) is 4.99 Å². The predicted octanol–water partition coefficient (Wildman–Crippen LogP) is 4.26. The van der Waals surface area contributed by atoms with Crippen LogP contribution in [0.4, 0.5) is 11.5 Å². The van der Waals surface area contributed by atoms with E-state index in [1.54, 1.807) is 13.1 Å². The van der Waals surface area contributed by atoms with Gasteiger partial charge in [0.15, 0.2) is 5.82 Å². The van der Waals surface area contributed by atoms with Crippen LogP contribution in [-0.2, 0) is 20.9 Å². The van der Waals surface area contributed by atoms with Crippen LogP contribution in [0.1, 0.15) is 22.4 Å². The summed E-state index contributed by atoms with van der Waals surface area (Å²) in [5.74, 6) is -0.861. The zero-order chi connectivity index (χ0) is 24.7. The van der Waals surface area contributed by atoms with E-state index in [9.17, 15) is 9.59 Å². The number of guanidine groups is 1. The van der Waals surface area contributed by atoms with Gasteiger partial charge in [-0.1, -0.05) is 36.4 Å². The standard InChI is InChI=1S/C26H27N5O3/c1-16-11-12-20(30-24(32)25(33)34-15-19-9-7-6-8-10-19)14-21(16)22-13-17(2)23(29-18(22)3)31-26(27-4)28-5/h6-14H,4,15H2,1-3,5H3,(H,30,32)(H,28,29,31). The average Bonchev–Trinajstić information content (AvgIpc) is 2.84. The number of hydrogen-bond donors (Lipinski definition) is 2. The maximum absolute atomic E-state index is 12.4. The second kappa shape index (κ2) is 11.0. The lowest BCUT2D eigenvalue weighted by atomic mass is 9.97. The highest BCUT2D eigenvalue weighted by Crippen LogP contribution is 2.32. The van der Waals surface area contributed by atoms with Gasteiger partial charge in [0.25, 0.3) is 0 Å². The fourth-order valence-electron chi connectivity index (χ4n) is 3.31. The number of anilines is 1. The van der Waals surface area contributed by atoms with Gasteiger partial charge in [0.1, 0.15) is 6.61 Å². The van der Waals surface area contributed by atoms with Crippen molar-refractivity contribution in [3.63, 3.8) is 0 Å². The fourth-order valence-corrected chi connectivity index (χ4v) is 3.31. The van der Waals surface area contributed by atoms with Crippen molar-refractivity contribution in [1.82, 2.24) is 10.3 Å². The largest absolute Gasteiger partial charge is 0.454 e. The van der Waals surface area contributed by atoms with Gasteiger partial charge in [0, 0.05) is 24.0 Å². The third-order valence-electron chi connectivity index (χ3n) is 5.15. The molecule has 34 heavy (non-hydrogen) atoms. The van der Waals surface area contributed by atoms with Crippen LogP contribution >= 0.6 is 0 Å². The molecular formula is C26H27N5O3. The van der Waals surface area contributed by atoms with E-state index in [2.05, 4.69) is 32.3 Å². The lowest BCUT2D eigenvalue weighted by Crippen LogP contribution is -2.25. The number of nitrogens with zero attached hydrogens (tertiary/aromatic N) is 3. The SMILES string of the molecule is C=N/C(=N\c1nc(C)c(-c2cc(NC(=O)C(=O)OCc3ccccc3)ccc2C)cc1C)NC. The summed E-state index contributed by atoms with van der Waals surface area (Å²) in [5.41, 5.74) is 5.68. The minimum atomic E-state index is -0.946. The molecule has 0 aliphatic rings. The lowest BCUT2D eigenvalue weighted by molar-refractivity contribution is -0.153. The number of aliphatic imine (C=N–C) groups is 2. The zero-order valence-electron chi connectivity index (χ0n) is 19.7. The molecule has 0 spiro atoms. The topological polar surface area (TPSA) is 105 Å². The average molecular weight is 458 g/mol. The first kappa shape index (κ1) is 24.3. The Hall–Kier alpha value is -4.33. The van der Waals surface area contributed by atoms with Crippen molar-refractivity contribution in [2.24, 2.45) is 9.98 Å². The molecule has 8 nitrogen and oxygen atoms in total. The number of aryl methyl sites for hydroxylation is 3. The Labute approximate surface area is 198 Å². The Balaban J connectivity index is 1.80. The lowest BCUT2D eigenvalue weighted by Gasteiger charge is -2.14. The summed E-state index contributed by atoms with van der Waals surface area (Å²) in [6, 6.07) is 16.6. The fraction of sp³-hybridized carbons (Fsp3) is 0.192. The summed E-state index contributed by atoms with van der Waals surface area (Å²) in [6.45, 7) is 9.29. The van der Waals surface area contributed by atoms with Gasteiger partial charge >= 0.3 is 11.9 Å². The highest BCUT2D eigenvalue weighted by molar-refractivity contribution is 6.37. The molecule has 0 atom stereocenters. The van der Waals surface area contributed by atoms with Crippen LogP contribution in [0, 0.1) is 20.8 Å². The number of amides is 1. The summed E-state index contributed by atoms with van der Waals surface area (Å²) in [6.07, 6.45) is 0. The molecule has 2 aromatic carbocycles. The van der Waals surface area contributed by atoms with Crippen LogP contribution in [-0.4, -0.2) is 36.6 Å². The second-order valence-electron chi connectivity index (χ2n) is 7.65. The van der Waals surface area contributed by atoms with Crippen LogP contribution in [0.5, 0.6) is 0 Å². The van der Waals surface area contributed by atoms with Gasteiger partial charge in [-0.25, -0.2) is 14.8 Å². The van der Waals surface area contributed by atoms with E-state index in [0.717, 1.165) is 33.5 Å². The van der Waals surface area contributed by atoms with Crippen molar-refractivity contribution in [3.05, 3.63) is 77.0 Å². The Morgan fingerprint density at radius 3 is 2.41 bits per heavy atom. The van der Waals surface area contributed by atoms with E-state index in [-0.39, 0.29) is 6.61 Å². The zero-order valence-corrected chi connectivity index (χ0v) is 19.7. The van der Waals surface area contributed by atoms with Crippen LogP contribution in [0.2, 0.25) is 0 Å². The molecule has 0 fully saturated rings. The Morgan fingerprint density at radius 1 is 1.00 bits per heavy atom. The monoisotopic (exact) mass is 457 g/mol. The van der Waals surface area contributed by atoms with Gasteiger partial charge in [0.05, 0.1) is 0 Å². The molecule has 3 rings (SSSR count). The molecule has 8 heteroatoms. The number of aromatic nitrogens is 1. The molecule has 2 N–H and O–H groups in total. The molecule has 0 saturated heterocycles. The van der Waals surface area contributed by atoms with E-state index < -0.39 is 11.9 Å². The van der Waals surface area contributed by atoms with Crippen molar-refractivity contribution >= 4 is 36.1 Å². The van der Waals surface area contributed by atoms with E-state index in [1.165, 1.54) is 0 Å². The number of hydrogen-bond acceptors (Lipinski definition) is 5. The van der Waals surface area contributed by atoms with Crippen LogP contribution in [0.3, 0.4) is 0 Å². The molecule has 0 aliphatic carbocycles. The van der Waals surface area contributed by atoms with Gasteiger partial charge in [-0.05, 0) is 67.9 Å². The number of ether oxygens (including phenoxy) is 1. The quantitative estimate of drug-likeness (QED) is 0.258. The number of pyridine rings is 1. The van der Waals surface area contributed by atoms with Gasteiger partial charge in [-0.15, -0.1) is 0 Å². The molecule has 3 aromatic rings. The van der Waals surface area contributed by atoms with E-state index >= 15 is 0 Å². The van der Waals surface area contributed by atoms with Crippen molar-refractivity contribution < 1.29 is 14.3 Å². The van der Waals surface area contributed by atoms with E-state index in [4.69, 9.17) is 4.74 Å². The minimum Gasteiger partial charge on any atom is -0.454 e. The highest BCUT2D eigenvalue weighted by Gasteiger charge is 2.17. The Bertz CT molecular complexity index is 1250. The first-order chi connectivity index (χ1) is 16.3. The molecule has 174 valence electrons. The summed E-state index contributed by atoms with van der Waals surface area (Å²) in [4.78, 5) is 37.3. The number of nitrogens with one attached hydrogen (secondary N) is 2. The van der Waals surface area contributed by atoms with Crippen LogP contribution in [0.25, 0.3) is 11.1 Å². The van der Waals surface area contributed by atoms with E-state index in [1.807, 2.05) is 69.3 Å². The molecule has 1 amide bonds. The molecular weight excluding hydrogens is 430 g/mol. The number of carbonyl (C=O) groups is 2. The number of rotatable bonds is 5. The number of benzene rings is 2. The summed E-state index contributed by atoms with van der Waals surface area (Å²) < 4.78 is 5.11. The molecule has 1 aromatic heterocycles. The maximum Gasteiger partial charge on any atom is 0.397 e. The first-order valence-corrected chi connectivity index (χ1v) is 10.7. The van der Waals surface area contributed by atoms with Gasteiger partial charge in [0.2, 0.25) is 5.96 Å². The Morgan fingerprint density at radius 2 is 1.74 bits per heavy atom. The van der Waals surface area contributed by atoms with Crippen molar-refractivity contribution in [2.45, 2.75) is 27.4 Å². The Kier molecular flexibility index (Phi) is 7.87. The highest BCUT2D eigenvalue weighted by atomic mass is 16.5. The summed E-state index contributed by atoms with van der Waals surface area (Å²) in [5, 5.41) is 5.48. The van der Waals surface area contributed by atoms with Gasteiger partial charge in [-0.3, -0.25) is 4.79 Å². The summed E-state index contributed by atoms with van der Waals surface area (Å²) >= 11 is 0. The smallest absolute Gasteiger partial charge is 0.397 e. The molecule has 1 heterocycles. The molecule has 0 saturated carbocycles. The van der Waals surface area contributed by atoms with Crippen molar-refractivity contribution in [2.75, 3.05) is 12.4 Å². The van der Waals surface area contributed by atoms with Crippen molar-refractivity contribution in [3.8, 4) is 11.1 Å².